The molecule has 120 valence electrons. The van der Waals surface area contributed by atoms with Crippen molar-refractivity contribution in [2.45, 2.75) is 12.8 Å². The number of nitrogens with two attached hydrogens (primary N) is 1. The number of piperidine rings is 1. The van der Waals surface area contributed by atoms with Gasteiger partial charge in [0.25, 0.3) is 5.91 Å². The summed E-state index contributed by atoms with van der Waals surface area (Å²) in [5.74, 6) is 1.48. The van der Waals surface area contributed by atoms with Crippen LogP contribution in [-0.2, 0) is 0 Å². The summed E-state index contributed by atoms with van der Waals surface area (Å²) in [4.78, 5) is 14.4. The molecule has 4 heteroatoms. The van der Waals surface area contributed by atoms with Crippen LogP contribution in [0.2, 0.25) is 0 Å². The van der Waals surface area contributed by atoms with Crippen molar-refractivity contribution in [2.75, 3.05) is 25.4 Å². The maximum absolute atomic E-state index is 12.5. The van der Waals surface area contributed by atoms with Crippen molar-refractivity contribution in [1.82, 2.24) is 4.90 Å². The lowest BCUT2D eigenvalue weighted by molar-refractivity contribution is 0.0661. The van der Waals surface area contributed by atoms with E-state index in [9.17, 15) is 4.79 Å². The first kappa shape index (κ1) is 15.4. The van der Waals surface area contributed by atoms with Crippen LogP contribution in [0.25, 0.3) is 0 Å². The predicted molar refractivity (Wildman–Crippen MR) is 91.4 cm³/mol. The Morgan fingerprint density at radius 1 is 1.09 bits per heavy atom. The van der Waals surface area contributed by atoms with Crippen LogP contribution in [-0.4, -0.2) is 30.5 Å². The summed E-state index contributed by atoms with van der Waals surface area (Å²) < 4.78 is 5.82. The summed E-state index contributed by atoms with van der Waals surface area (Å²) in [6.45, 7) is 2.26. The molecule has 0 saturated carbocycles. The third-order valence-electron chi connectivity index (χ3n) is 4.26. The summed E-state index contributed by atoms with van der Waals surface area (Å²) in [6, 6.07) is 17.1. The fourth-order valence-corrected chi connectivity index (χ4v) is 2.89. The molecule has 23 heavy (non-hydrogen) atoms. The molecule has 1 fully saturated rings. The Morgan fingerprint density at radius 2 is 1.83 bits per heavy atom. The molecule has 1 aliphatic heterocycles. The minimum Gasteiger partial charge on any atom is -0.493 e. The highest BCUT2D eigenvalue weighted by atomic mass is 16.5. The zero-order valence-corrected chi connectivity index (χ0v) is 13.2. The van der Waals surface area contributed by atoms with Gasteiger partial charge in [-0.05, 0) is 49.1 Å². The molecule has 4 nitrogen and oxygen atoms in total. The number of para-hydroxylation sites is 1. The van der Waals surface area contributed by atoms with E-state index in [-0.39, 0.29) is 5.91 Å². The molecule has 0 bridgehead atoms. The minimum atomic E-state index is 0.0692. The van der Waals surface area contributed by atoms with Gasteiger partial charge in [-0.3, -0.25) is 4.79 Å². The van der Waals surface area contributed by atoms with Gasteiger partial charge in [0.2, 0.25) is 0 Å². The Balaban J connectivity index is 1.49. The summed E-state index contributed by atoms with van der Waals surface area (Å²) in [7, 11) is 0. The summed E-state index contributed by atoms with van der Waals surface area (Å²) in [6.07, 6.45) is 1.95. The molecule has 0 aliphatic carbocycles. The lowest BCUT2D eigenvalue weighted by atomic mass is 9.97. The number of hydrogen-bond donors (Lipinski definition) is 1. The van der Waals surface area contributed by atoms with Gasteiger partial charge in [-0.1, -0.05) is 24.3 Å². The summed E-state index contributed by atoms with van der Waals surface area (Å²) >= 11 is 0. The molecule has 0 aromatic heterocycles. The Bertz CT molecular complexity index is 649. The largest absolute Gasteiger partial charge is 0.493 e. The maximum atomic E-state index is 12.5. The van der Waals surface area contributed by atoms with E-state index in [0.717, 1.165) is 31.7 Å². The first-order valence-corrected chi connectivity index (χ1v) is 8.05. The second kappa shape index (κ2) is 7.18. The monoisotopic (exact) mass is 310 g/mol. The molecule has 2 N–H and O–H groups in total. The Hall–Kier alpha value is -2.49. The Kier molecular flexibility index (Phi) is 4.81. The van der Waals surface area contributed by atoms with Crippen molar-refractivity contribution in [3.05, 3.63) is 60.2 Å². The zero-order chi connectivity index (χ0) is 16.1. The normalized spacial score (nSPS) is 15.4. The van der Waals surface area contributed by atoms with Crippen LogP contribution in [0.15, 0.2) is 54.6 Å². The fourth-order valence-electron chi connectivity index (χ4n) is 2.89. The molecule has 0 unspecified atom stereocenters. The van der Waals surface area contributed by atoms with E-state index >= 15 is 0 Å². The number of nitrogens with zero attached hydrogens (tertiary/aromatic N) is 1. The van der Waals surface area contributed by atoms with Crippen molar-refractivity contribution in [3.63, 3.8) is 0 Å². The third-order valence-corrected chi connectivity index (χ3v) is 4.26. The van der Waals surface area contributed by atoms with Gasteiger partial charge in [-0.2, -0.15) is 0 Å². The van der Waals surface area contributed by atoms with Crippen molar-refractivity contribution in [1.29, 1.82) is 0 Å². The first-order valence-electron chi connectivity index (χ1n) is 8.05. The quantitative estimate of drug-likeness (QED) is 0.882. The van der Waals surface area contributed by atoms with E-state index in [1.807, 2.05) is 47.4 Å². The van der Waals surface area contributed by atoms with E-state index in [2.05, 4.69) is 0 Å². The number of amides is 1. The number of rotatable bonds is 4. The maximum Gasteiger partial charge on any atom is 0.253 e. The molecular weight excluding hydrogens is 288 g/mol. The first-order chi connectivity index (χ1) is 11.2. The van der Waals surface area contributed by atoms with Gasteiger partial charge in [-0.25, -0.2) is 0 Å². The van der Waals surface area contributed by atoms with Crippen LogP contribution < -0.4 is 10.5 Å². The number of carbonyl (C=O) groups excluding carboxylic acids is 1. The second-order valence-electron chi connectivity index (χ2n) is 5.99. The number of hydrogen-bond acceptors (Lipinski definition) is 3. The highest BCUT2D eigenvalue weighted by molar-refractivity contribution is 5.95. The topological polar surface area (TPSA) is 55.6 Å². The van der Waals surface area contributed by atoms with Gasteiger partial charge >= 0.3 is 0 Å². The van der Waals surface area contributed by atoms with Crippen LogP contribution >= 0.6 is 0 Å². The lowest BCUT2D eigenvalue weighted by Crippen LogP contribution is -2.39. The van der Waals surface area contributed by atoms with Crippen molar-refractivity contribution < 1.29 is 9.53 Å². The van der Waals surface area contributed by atoms with Crippen molar-refractivity contribution in [3.8, 4) is 5.75 Å². The number of likely N-dealkylation sites (tertiary alicyclic amines) is 1. The molecule has 0 spiro atoms. The number of nitrogen functional groups attached to an aromatic ring is 1. The number of anilines is 1. The van der Waals surface area contributed by atoms with Gasteiger partial charge < -0.3 is 15.4 Å². The number of ether oxygens (including phenoxy) is 1. The predicted octanol–water partition coefficient (Wildman–Crippen LogP) is 3.20. The van der Waals surface area contributed by atoms with Crippen molar-refractivity contribution in [2.24, 2.45) is 5.92 Å². The van der Waals surface area contributed by atoms with E-state index in [1.165, 1.54) is 0 Å². The molecule has 0 atom stereocenters. The average molecular weight is 310 g/mol. The van der Waals surface area contributed by atoms with E-state index in [1.54, 1.807) is 12.1 Å². The van der Waals surface area contributed by atoms with Crippen LogP contribution in [0.4, 0.5) is 5.69 Å². The molecular formula is C19H22N2O2. The third kappa shape index (κ3) is 4.03. The van der Waals surface area contributed by atoms with Gasteiger partial charge in [0.1, 0.15) is 5.75 Å². The van der Waals surface area contributed by atoms with Crippen molar-refractivity contribution >= 4 is 11.6 Å². The van der Waals surface area contributed by atoms with Crippen LogP contribution in [0.5, 0.6) is 5.75 Å². The second-order valence-corrected chi connectivity index (χ2v) is 5.99. The molecule has 1 amide bonds. The van der Waals surface area contributed by atoms with Gasteiger partial charge in [-0.15, -0.1) is 0 Å². The summed E-state index contributed by atoms with van der Waals surface area (Å²) in [5.41, 5.74) is 7.05. The minimum absolute atomic E-state index is 0.0692. The van der Waals surface area contributed by atoms with Crippen LogP contribution in [0.3, 0.4) is 0 Å². The van der Waals surface area contributed by atoms with E-state index in [4.69, 9.17) is 10.5 Å². The van der Waals surface area contributed by atoms with Gasteiger partial charge in [0, 0.05) is 24.3 Å². The molecule has 1 saturated heterocycles. The number of carbonyl (C=O) groups is 1. The number of benzene rings is 2. The molecule has 1 aliphatic rings. The molecule has 1 heterocycles. The average Bonchev–Trinajstić information content (AvgIpc) is 2.61. The molecule has 3 rings (SSSR count). The molecule has 2 aromatic rings. The van der Waals surface area contributed by atoms with E-state index < -0.39 is 0 Å². The Morgan fingerprint density at radius 3 is 2.52 bits per heavy atom. The molecule has 0 radical (unpaired) electrons. The smallest absolute Gasteiger partial charge is 0.253 e. The van der Waals surface area contributed by atoms with Crippen LogP contribution in [0, 0.1) is 5.92 Å². The standard InChI is InChI=1S/C19H22N2O2/c20-17-6-4-5-16(13-17)19(22)21-11-9-15(10-12-21)14-23-18-7-2-1-3-8-18/h1-8,13,15H,9-12,14,20H2. The van der Waals surface area contributed by atoms with Crippen LogP contribution in [0.1, 0.15) is 23.2 Å². The fraction of sp³-hybridized carbons (Fsp3) is 0.316. The highest BCUT2D eigenvalue weighted by Crippen LogP contribution is 2.21. The van der Waals surface area contributed by atoms with E-state index in [0.29, 0.717) is 23.8 Å². The zero-order valence-electron chi connectivity index (χ0n) is 13.2. The van der Waals surface area contributed by atoms with Gasteiger partial charge in [0.05, 0.1) is 6.61 Å². The van der Waals surface area contributed by atoms with Gasteiger partial charge in [0.15, 0.2) is 0 Å². The molecule has 2 aromatic carbocycles. The SMILES string of the molecule is Nc1cccc(C(=O)N2CCC(COc3ccccc3)CC2)c1. The lowest BCUT2D eigenvalue weighted by Gasteiger charge is -2.32. The Labute approximate surface area is 136 Å². The summed E-state index contributed by atoms with van der Waals surface area (Å²) in [5, 5.41) is 0. The highest BCUT2D eigenvalue weighted by Gasteiger charge is 2.24.